The molecule has 1 N–H and O–H groups in total. The summed E-state index contributed by atoms with van der Waals surface area (Å²) in [7, 11) is 0. The van der Waals surface area contributed by atoms with E-state index in [9.17, 15) is 0 Å². The van der Waals surface area contributed by atoms with Crippen LogP contribution in [0.5, 0.6) is 0 Å². The van der Waals surface area contributed by atoms with E-state index in [1.807, 2.05) is 0 Å². The van der Waals surface area contributed by atoms with Crippen LogP contribution in [-0.4, -0.2) is 16.5 Å². The van der Waals surface area contributed by atoms with Crippen molar-refractivity contribution in [2.45, 2.75) is 38.8 Å². The number of nitrogens with one attached hydrogen (secondary N) is 1. The van der Waals surface area contributed by atoms with Crippen LogP contribution in [-0.2, 0) is 13.1 Å². The van der Waals surface area contributed by atoms with Gasteiger partial charge in [-0.1, -0.05) is 24.3 Å². The van der Waals surface area contributed by atoms with Crippen molar-refractivity contribution < 1.29 is 0 Å². The Morgan fingerprint density at radius 2 is 1.86 bits per heavy atom. The molecule has 1 aromatic carbocycles. The third-order valence-electron chi connectivity index (χ3n) is 4.20. The lowest BCUT2D eigenvalue weighted by molar-refractivity contribution is 0.826. The first kappa shape index (κ1) is 12.6. The van der Waals surface area contributed by atoms with Gasteiger partial charge in [0, 0.05) is 31.6 Å². The Morgan fingerprint density at radius 3 is 2.48 bits per heavy atom. The van der Waals surface area contributed by atoms with Gasteiger partial charge in [-0.05, 0) is 30.9 Å². The Bertz CT molecular complexity index is 639. The van der Waals surface area contributed by atoms with Crippen molar-refractivity contribution in [3.05, 3.63) is 47.3 Å². The Labute approximate surface area is 125 Å². The molecule has 1 fully saturated rings. The second kappa shape index (κ2) is 5.02. The number of aromatic nitrogens is 2. The smallest absolute Gasteiger partial charge is 0.136 e. The van der Waals surface area contributed by atoms with Crippen molar-refractivity contribution in [2.75, 3.05) is 16.8 Å². The Kier molecular flexibility index (Phi) is 3.02. The van der Waals surface area contributed by atoms with E-state index in [1.54, 1.807) is 0 Å². The molecule has 1 aliphatic carbocycles. The Hall–Kier alpha value is -2.10. The number of hydrogen-bond acceptors (Lipinski definition) is 4. The molecular weight excluding hydrogens is 260 g/mol. The fraction of sp³-hybridized carbons (Fsp3) is 0.412. The molecule has 2 aromatic rings. The fourth-order valence-corrected chi connectivity index (χ4v) is 2.91. The lowest BCUT2D eigenvalue weighted by Crippen LogP contribution is -2.18. The number of anilines is 2. The molecule has 4 heteroatoms. The lowest BCUT2D eigenvalue weighted by atomic mass is 10.1. The largest absolute Gasteiger partial charge is 0.370 e. The van der Waals surface area contributed by atoms with E-state index >= 15 is 0 Å². The summed E-state index contributed by atoms with van der Waals surface area (Å²) >= 11 is 0. The molecule has 0 amide bonds. The second-order valence-corrected chi connectivity index (χ2v) is 5.90. The topological polar surface area (TPSA) is 41.0 Å². The minimum atomic E-state index is 0.576. The molecule has 0 spiro atoms. The molecular formula is C17H20N4. The highest BCUT2D eigenvalue weighted by atomic mass is 15.2. The van der Waals surface area contributed by atoms with Crippen molar-refractivity contribution >= 4 is 11.6 Å². The maximum atomic E-state index is 4.82. The van der Waals surface area contributed by atoms with Gasteiger partial charge < -0.3 is 10.2 Å². The van der Waals surface area contributed by atoms with Crippen LogP contribution in [0.15, 0.2) is 30.3 Å². The maximum absolute atomic E-state index is 4.82. The van der Waals surface area contributed by atoms with E-state index < -0.39 is 0 Å². The Morgan fingerprint density at radius 1 is 1.14 bits per heavy atom. The second-order valence-electron chi connectivity index (χ2n) is 5.90. The SMILES string of the molecule is CCNc1cc(N2Cc3ccccc3C2)nc(C2CC2)n1. The molecule has 0 unspecified atom stereocenters. The van der Waals surface area contributed by atoms with Crippen molar-refractivity contribution in [3.8, 4) is 0 Å². The summed E-state index contributed by atoms with van der Waals surface area (Å²) in [6, 6.07) is 10.7. The zero-order chi connectivity index (χ0) is 14.2. The van der Waals surface area contributed by atoms with Gasteiger partial charge >= 0.3 is 0 Å². The lowest BCUT2D eigenvalue weighted by Gasteiger charge is -2.18. The number of fused-ring (bicyclic) bond motifs is 1. The summed E-state index contributed by atoms with van der Waals surface area (Å²) in [6.07, 6.45) is 2.46. The molecule has 0 saturated heterocycles. The first-order valence-corrected chi connectivity index (χ1v) is 7.78. The van der Waals surface area contributed by atoms with Gasteiger partial charge in [0.05, 0.1) is 0 Å². The number of nitrogens with zero attached hydrogens (tertiary/aromatic N) is 3. The molecule has 0 radical (unpaired) electrons. The minimum absolute atomic E-state index is 0.576. The van der Waals surface area contributed by atoms with E-state index in [2.05, 4.69) is 52.5 Å². The predicted octanol–water partition coefficient (Wildman–Crippen LogP) is 3.31. The van der Waals surface area contributed by atoms with Gasteiger partial charge in [-0.15, -0.1) is 0 Å². The highest BCUT2D eigenvalue weighted by molar-refractivity contribution is 5.53. The number of benzene rings is 1. The molecule has 4 rings (SSSR count). The van der Waals surface area contributed by atoms with Crippen molar-refractivity contribution in [3.63, 3.8) is 0 Å². The molecule has 2 aliphatic rings. The number of rotatable bonds is 4. The third kappa shape index (κ3) is 2.46. The average molecular weight is 280 g/mol. The monoisotopic (exact) mass is 280 g/mol. The normalized spacial score (nSPS) is 16.9. The van der Waals surface area contributed by atoms with Gasteiger partial charge in [0.1, 0.15) is 17.5 Å². The summed E-state index contributed by atoms with van der Waals surface area (Å²) in [4.78, 5) is 11.8. The van der Waals surface area contributed by atoms with E-state index in [1.165, 1.54) is 24.0 Å². The van der Waals surface area contributed by atoms with Crippen LogP contribution in [0.1, 0.15) is 42.6 Å². The van der Waals surface area contributed by atoms with Crippen LogP contribution in [0.25, 0.3) is 0 Å². The molecule has 2 heterocycles. The van der Waals surface area contributed by atoms with E-state index in [0.717, 1.165) is 37.1 Å². The molecule has 1 saturated carbocycles. The van der Waals surface area contributed by atoms with E-state index in [0.29, 0.717) is 5.92 Å². The summed E-state index contributed by atoms with van der Waals surface area (Å²) in [5.41, 5.74) is 2.82. The van der Waals surface area contributed by atoms with Gasteiger partial charge in [-0.3, -0.25) is 0 Å². The highest BCUT2D eigenvalue weighted by Crippen LogP contribution is 2.39. The molecule has 1 aliphatic heterocycles. The zero-order valence-corrected chi connectivity index (χ0v) is 12.3. The Balaban J connectivity index is 1.65. The quantitative estimate of drug-likeness (QED) is 0.933. The van der Waals surface area contributed by atoms with Crippen molar-refractivity contribution in [2.24, 2.45) is 0 Å². The molecule has 21 heavy (non-hydrogen) atoms. The van der Waals surface area contributed by atoms with E-state index in [-0.39, 0.29) is 0 Å². The summed E-state index contributed by atoms with van der Waals surface area (Å²) in [5, 5.41) is 3.34. The number of hydrogen-bond donors (Lipinski definition) is 1. The summed E-state index contributed by atoms with van der Waals surface area (Å²) in [6.45, 7) is 4.89. The fourth-order valence-electron chi connectivity index (χ4n) is 2.91. The maximum Gasteiger partial charge on any atom is 0.136 e. The highest BCUT2D eigenvalue weighted by Gasteiger charge is 2.29. The standard InChI is InChI=1S/C17H20N4/c1-2-18-15-9-16(20-17(19-15)12-7-8-12)21-10-13-5-3-4-6-14(13)11-21/h3-6,9,12H,2,7-8,10-11H2,1H3,(H,18,19,20). The van der Waals surface area contributed by atoms with Gasteiger partial charge in [0.2, 0.25) is 0 Å². The van der Waals surface area contributed by atoms with Gasteiger partial charge in [0.25, 0.3) is 0 Å². The van der Waals surface area contributed by atoms with Crippen LogP contribution in [0.2, 0.25) is 0 Å². The molecule has 0 atom stereocenters. The molecule has 1 aromatic heterocycles. The third-order valence-corrected chi connectivity index (χ3v) is 4.20. The molecule has 4 nitrogen and oxygen atoms in total. The van der Waals surface area contributed by atoms with Crippen LogP contribution >= 0.6 is 0 Å². The first-order chi connectivity index (χ1) is 10.3. The van der Waals surface area contributed by atoms with Crippen LogP contribution < -0.4 is 10.2 Å². The van der Waals surface area contributed by atoms with Crippen LogP contribution in [0.3, 0.4) is 0 Å². The predicted molar refractivity (Wildman–Crippen MR) is 84.5 cm³/mol. The van der Waals surface area contributed by atoms with Gasteiger partial charge in [-0.25, -0.2) is 9.97 Å². The summed E-state index contributed by atoms with van der Waals surface area (Å²) in [5.74, 6) is 3.60. The minimum Gasteiger partial charge on any atom is -0.370 e. The van der Waals surface area contributed by atoms with Crippen molar-refractivity contribution in [1.29, 1.82) is 0 Å². The average Bonchev–Trinajstić information content (AvgIpc) is 3.26. The van der Waals surface area contributed by atoms with Crippen LogP contribution in [0, 0.1) is 0 Å². The zero-order valence-electron chi connectivity index (χ0n) is 12.3. The molecule has 0 bridgehead atoms. The molecule has 108 valence electrons. The van der Waals surface area contributed by atoms with Gasteiger partial charge in [-0.2, -0.15) is 0 Å². The van der Waals surface area contributed by atoms with Crippen LogP contribution in [0.4, 0.5) is 11.6 Å². The summed E-state index contributed by atoms with van der Waals surface area (Å²) < 4.78 is 0. The first-order valence-electron chi connectivity index (χ1n) is 7.78. The van der Waals surface area contributed by atoms with Crippen molar-refractivity contribution in [1.82, 2.24) is 9.97 Å². The van der Waals surface area contributed by atoms with Gasteiger partial charge in [0.15, 0.2) is 0 Å². The van der Waals surface area contributed by atoms with E-state index in [4.69, 9.17) is 4.98 Å².